The first-order valence-corrected chi connectivity index (χ1v) is 8.76. The van der Waals surface area contributed by atoms with Crippen molar-refractivity contribution in [3.8, 4) is 0 Å². The number of rotatable bonds is 5. The van der Waals surface area contributed by atoms with E-state index in [1.54, 1.807) is 19.2 Å². The van der Waals surface area contributed by atoms with Gasteiger partial charge in [0.1, 0.15) is 5.76 Å². The number of nitrogens with two attached hydrogens (primary N) is 1. The van der Waals surface area contributed by atoms with Crippen molar-refractivity contribution < 1.29 is 13.9 Å². The number of nitrogens with one attached hydrogen (secondary N) is 2. The van der Waals surface area contributed by atoms with Crippen LogP contribution < -0.4 is 16.4 Å². The Morgan fingerprint density at radius 3 is 2.72 bits per heavy atom. The maximum Gasteiger partial charge on any atom is 0.284 e. The van der Waals surface area contributed by atoms with Gasteiger partial charge < -0.3 is 25.5 Å². The van der Waals surface area contributed by atoms with E-state index in [0.717, 1.165) is 26.0 Å². The molecule has 1 aromatic heterocycles. The van der Waals surface area contributed by atoms with Crippen LogP contribution in [-0.4, -0.2) is 38.2 Å². The lowest BCUT2D eigenvalue weighted by Crippen LogP contribution is -2.47. The molecule has 4 N–H and O–H groups in total. The van der Waals surface area contributed by atoms with Crippen LogP contribution in [0.1, 0.15) is 49.9 Å². The lowest BCUT2D eigenvalue weighted by atomic mass is 9.78. The van der Waals surface area contributed by atoms with Gasteiger partial charge in [-0.15, -0.1) is 0 Å². The molecule has 1 saturated heterocycles. The number of hydrogen-bond donors (Lipinski definition) is 3. The van der Waals surface area contributed by atoms with Crippen LogP contribution >= 0.6 is 0 Å². The zero-order valence-corrected chi connectivity index (χ0v) is 15.6. The van der Waals surface area contributed by atoms with Crippen molar-refractivity contribution in [2.45, 2.75) is 46.3 Å². The maximum atomic E-state index is 11.1. The molecule has 1 aliphatic heterocycles. The van der Waals surface area contributed by atoms with Gasteiger partial charge in [-0.05, 0) is 30.4 Å². The zero-order chi connectivity index (χ0) is 18.4. The Balaban J connectivity index is 1.85. The molecular weight excluding hydrogens is 320 g/mol. The second-order valence-electron chi connectivity index (χ2n) is 7.50. The molecule has 7 nitrogen and oxygen atoms in total. The number of primary amides is 1. The van der Waals surface area contributed by atoms with Crippen molar-refractivity contribution in [2.24, 2.45) is 22.1 Å². The minimum Gasteiger partial charge on any atom is -0.454 e. The lowest BCUT2D eigenvalue weighted by Gasteiger charge is -2.40. The highest BCUT2D eigenvalue weighted by atomic mass is 16.5. The van der Waals surface area contributed by atoms with Crippen molar-refractivity contribution in [1.82, 2.24) is 10.6 Å². The van der Waals surface area contributed by atoms with Crippen molar-refractivity contribution in [3.05, 3.63) is 23.7 Å². The Kier molecular flexibility index (Phi) is 6.47. The highest BCUT2D eigenvalue weighted by Gasteiger charge is 2.35. The fraction of sp³-hybridized carbons (Fsp3) is 0.667. The molecule has 0 spiro atoms. The van der Waals surface area contributed by atoms with Crippen LogP contribution in [0.4, 0.5) is 0 Å². The van der Waals surface area contributed by atoms with E-state index in [1.165, 1.54) is 0 Å². The Labute approximate surface area is 149 Å². The van der Waals surface area contributed by atoms with Gasteiger partial charge >= 0.3 is 0 Å². The number of amides is 1. The molecule has 0 bridgehead atoms. The summed E-state index contributed by atoms with van der Waals surface area (Å²) in [6, 6.07) is 3.30. The van der Waals surface area contributed by atoms with E-state index >= 15 is 0 Å². The summed E-state index contributed by atoms with van der Waals surface area (Å²) >= 11 is 0. The van der Waals surface area contributed by atoms with Crippen LogP contribution in [0.25, 0.3) is 0 Å². The topological polar surface area (TPSA) is 102 Å². The maximum absolute atomic E-state index is 11.1. The van der Waals surface area contributed by atoms with Crippen molar-refractivity contribution in [3.63, 3.8) is 0 Å². The van der Waals surface area contributed by atoms with Gasteiger partial charge in [-0.1, -0.05) is 20.8 Å². The average Bonchev–Trinajstić information content (AvgIpc) is 3.04. The Morgan fingerprint density at radius 1 is 1.36 bits per heavy atom. The highest BCUT2D eigenvalue weighted by Crippen LogP contribution is 2.33. The molecule has 1 amide bonds. The summed E-state index contributed by atoms with van der Waals surface area (Å²) in [6.45, 7) is 8.72. The summed E-state index contributed by atoms with van der Waals surface area (Å²) in [7, 11) is 1.73. The minimum atomic E-state index is -0.570. The average molecular weight is 350 g/mol. The van der Waals surface area contributed by atoms with E-state index in [4.69, 9.17) is 14.9 Å². The van der Waals surface area contributed by atoms with E-state index < -0.39 is 5.91 Å². The summed E-state index contributed by atoms with van der Waals surface area (Å²) in [5.74, 6) is 1.35. The molecule has 0 aliphatic carbocycles. The number of furan rings is 1. The SMILES string of the molecule is CN=C(NCc1ccc(C(N)=O)o1)NCC1CCCOC1C(C)(C)C. The second kappa shape index (κ2) is 8.38. The standard InChI is InChI=1S/C18H30N4O3/c1-18(2,3)15-12(6-5-9-24-15)10-21-17(20-4)22-11-13-7-8-14(25-13)16(19)23/h7-8,12,15H,5-6,9-11H2,1-4H3,(H2,19,23)(H2,20,21,22). The number of hydrogen-bond acceptors (Lipinski definition) is 4. The number of ether oxygens (including phenoxy) is 1. The number of carbonyl (C=O) groups is 1. The van der Waals surface area contributed by atoms with Crippen molar-refractivity contribution in [2.75, 3.05) is 20.2 Å². The van der Waals surface area contributed by atoms with Crippen molar-refractivity contribution >= 4 is 11.9 Å². The van der Waals surface area contributed by atoms with Crippen LogP contribution in [0.2, 0.25) is 0 Å². The van der Waals surface area contributed by atoms with E-state index in [9.17, 15) is 4.79 Å². The van der Waals surface area contributed by atoms with Crippen LogP contribution in [0.3, 0.4) is 0 Å². The number of guanidine groups is 1. The summed E-state index contributed by atoms with van der Waals surface area (Å²) in [5.41, 5.74) is 5.30. The van der Waals surface area contributed by atoms with Gasteiger partial charge in [0.2, 0.25) is 0 Å². The molecule has 1 aromatic rings. The summed E-state index contributed by atoms with van der Waals surface area (Å²) < 4.78 is 11.4. The Morgan fingerprint density at radius 2 is 2.12 bits per heavy atom. The third-order valence-corrected chi connectivity index (χ3v) is 4.39. The van der Waals surface area contributed by atoms with E-state index in [-0.39, 0.29) is 17.3 Å². The van der Waals surface area contributed by atoms with Crippen molar-refractivity contribution in [1.29, 1.82) is 0 Å². The zero-order valence-electron chi connectivity index (χ0n) is 15.6. The van der Waals surface area contributed by atoms with Gasteiger partial charge in [0.25, 0.3) is 5.91 Å². The number of nitrogens with zero attached hydrogens (tertiary/aromatic N) is 1. The third kappa shape index (κ3) is 5.49. The summed E-state index contributed by atoms with van der Waals surface area (Å²) in [5, 5.41) is 6.55. The van der Waals surface area contributed by atoms with Crippen LogP contribution in [0, 0.1) is 11.3 Å². The summed E-state index contributed by atoms with van der Waals surface area (Å²) in [4.78, 5) is 15.3. The van der Waals surface area contributed by atoms with Gasteiger partial charge in [-0.2, -0.15) is 0 Å². The normalized spacial score (nSPS) is 21.8. The predicted octanol–water partition coefficient (Wildman–Crippen LogP) is 1.88. The molecule has 0 saturated carbocycles. The molecule has 2 heterocycles. The second-order valence-corrected chi connectivity index (χ2v) is 7.50. The van der Waals surface area contributed by atoms with Crippen LogP contribution in [0.5, 0.6) is 0 Å². The first-order valence-electron chi connectivity index (χ1n) is 8.76. The third-order valence-electron chi connectivity index (χ3n) is 4.39. The molecule has 7 heteroatoms. The fourth-order valence-corrected chi connectivity index (χ4v) is 3.23. The molecule has 2 rings (SSSR count). The molecule has 25 heavy (non-hydrogen) atoms. The van der Waals surface area contributed by atoms with Gasteiger partial charge in [-0.25, -0.2) is 0 Å². The van der Waals surface area contributed by atoms with E-state index in [2.05, 4.69) is 36.4 Å². The molecule has 140 valence electrons. The molecule has 2 unspecified atom stereocenters. The van der Waals surface area contributed by atoms with Crippen LogP contribution in [0.15, 0.2) is 21.5 Å². The number of aliphatic imine (C=N–C) groups is 1. The smallest absolute Gasteiger partial charge is 0.284 e. The Hall–Kier alpha value is -2.02. The lowest BCUT2D eigenvalue weighted by molar-refractivity contribution is -0.0835. The van der Waals surface area contributed by atoms with Gasteiger partial charge in [0.15, 0.2) is 11.7 Å². The summed E-state index contributed by atoms with van der Waals surface area (Å²) in [6.07, 6.45) is 2.47. The molecule has 1 fully saturated rings. The molecule has 1 aliphatic rings. The minimum absolute atomic E-state index is 0.114. The van der Waals surface area contributed by atoms with E-state index in [0.29, 0.717) is 24.2 Å². The first kappa shape index (κ1) is 19.3. The van der Waals surface area contributed by atoms with Gasteiger partial charge in [0.05, 0.1) is 12.6 Å². The van der Waals surface area contributed by atoms with Gasteiger partial charge in [0, 0.05) is 26.1 Å². The quantitative estimate of drug-likeness (QED) is 0.556. The molecule has 2 atom stereocenters. The first-order chi connectivity index (χ1) is 11.8. The predicted molar refractivity (Wildman–Crippen MR) is 97.3 cm³/mol. The van der Waals surface area contributed by atoms with Gasteiger partial charge in [-0.3, -0.25) is 9.79 Å². The Bertz CT molecular complexity index is 604. The fourth-order valence-electron chi connectivity index (χ4n) is 3.23. The molecule has 0 aromatic carbocycles. The largest absolute Gasteiger partial charge is 0.454 e. The monoisotopic (exact) mass is 350 g/mol. The van der Waals surface area contributed by atoms with Crippen LogP contribution in [-0.2, 0) is 11.3 Å². The highest BCUT2D eigenvalue weighted by molar-refractivity contribution is 5.89. The molecular formula is C18H30N4O3. The molecule has 0 radical (unpaired) electrons. The number of carbonyl (C=O) groups excluding carboxylic acids is 1. The van der Waals surface area contributed by atoms with E-state index in [1.807, 2.05) is 0 Å².